The molecule has 0 aliphatic heterocycles. The minimum atomic E-state index is -1.74. The van der Waals surface area contributed by atoms with Gasteiger partial charge in [0.1, 0.15) is 0 Å². The molecule has 0 spiro atoms. The van der Waals surface area contributed by atoms with Gasteiger partial charge in [0.25, 0.3) is 11.8 Å². The zero-order chi connectivity index (χ0) is 43.5. The van der Waals surface area contributed by atoms with Crippen molar-refractivity contribution >= 4 is 30.0 Å². The highest BCUT2D eigenvalue weighted by molar-refractivity contribution is 5.96. The van der Waals surface area contributed by atoms with Crippen LogP contribution in [0, 0.1) is 27.7 Å². The van der Waals surface area contributed by atoms with E-state index >= 15 is 0 Å². The molecule has 13 heteroatoms. The van der Waals surface area contributed by atoms with Crippen LogP contribution in [-0.4, -0.2) is 83.9 Å². The largest absolute Gasteiger partial charge is 0.479 e. The van der Waals surface area contributed by atoms with Crippen LogP contribution < -0.4 is 10.6 Å². The van der Waals surface area contributed by atoms with Crippen LogP contribution in [0.3, 0.4) is 0 Å². The second kappa shape index (κ2) is 20.1. The quantitative estimate of drug-likeness (QED) is 0.0718. The van der Waals surface area contributed by atoms with Gasteiger partial charge in [-0.05, 0) is 117 Å². The van der Waals surface area contributed by atoms with Gasteiger partial charge in [-0.15, -0.1) is 0 Å². The average molecular weight is 813 g/mol. The maximum Gasteiger partial charge on any atom is 0.334 e. The number of aliphatic carboxylic acids is 2. The number of aldehydes is 1. The number of benzene rings is 4. The summed E-state index contributed by atoms with van der Waals surface area (Å²) < 4.78 is 3.90. The van der Waals surface area contributed by atoms with Gasteiger partial charge in [0.2, 0.25) is 0 Å². The first-order chi connectivity index (χ1) is 28.7. The second-order valence-corrected chi connectivity index (χ2v) is 14.5. The molecule has 0 radical (unpaired) electrons. The Morgan fingerprint density at radius 1 is 0.600 bits per heavy atom. The number of carboxylic acid groups (broad SMARTS) is 2. The third kappa shape index (κ3) is 10.9. The Kier molecular flexibility index (Phi) is 14.7. The zero-order valence-corrected chi connectivity index (χ0v) is 33.6. The monoisotopic (exact) mass is 812 g/mol. The first-order valence-corrected chi connectivity index (χ1v) is 19.2. The van der Waals surface area contributed by atoms with Crippen LogP contribution in [-0.2, 0) is 22.4 Å². The summed E-state index contributed by atoms with van der Waals surface area (Å²) in [5.74, 6) is -3.68. The van der Waals surface area contributed by atoms with E-state index in [0.717, 1.165) is 51.3 Å². The summed E-state index contributed by atoms with van der Waals surface area (Å²) in [6.07, 6.45) is 1.59. The standard InChI is InChI=1S/C25H26N2O5.C22H22N2O4/c1-15-11-19(9-10-22(15)27-16(2)12-20(14-28)17(27)3)24(30)26-21(23(29)25(31)32)13-18-7-5-4-6-8-18;1-15-13-17(9-10-19(15)24-11-5-6-12-24)21(26)23-18(20(25)22(27)28)14-16-7-3-2-4-8-16/h4-12,14,21,23,29H,13H2,1-3H3,(H,26,30)(H,31,32);2-13,18,20,25H,14H2,1H3,(H,23,26)(H,27,28)/t21-,23-;18-,20-/m11/s1. The minimum Gasteiger partial charge on any atom is -0.479 e. The number of amides is 2. The summed E-state index contributed by atoms with van der Waals surface area (Å²) in [7, 11) is 0. The van der Waals surface area contributed by atoms with Crippen LogP contribution in [0.4, 0.5) is 0 Å². The van der Waals surface area contributed by atoms with Crippen LogP contribution in [0.25, 0.3) is 11.4 Å². The summed E-state index contributed by atoms with van der Waals surface area (Å²) in [4.78, 5) is 59.5. The molecule has 310 valence electrons. The number of aliphatic hydroxyl groups is 2. The van der Waals surface area contributed by atoms with Crippen LogP contribution >= 0.6 is 0 Å². The van der Waals surface area contributed by atoms with Crippen LogP contribution in [0.2, 0.25) is 0 Å². The third-order valence-electron chi connectivity index (χ3n) is 10.1. The Bertz CT molecular complexity index is 2440. The van der Waals surface area contributed by atoms with Gasteiger partial charge in [-0.1, -0.05) is 60.7 Å². The fourth-order valence-electron chi connectivity index (χ4n) is 6.97. The fraction of sp³-hybridized carbons (Fsp3) is 0.213. The van der Waals surface area contributed by atoms with E-state index in [1.165, 1.54) is 0 Å². The first kappa shape index (κ1) is 44.0. The Hall–Kier alpha value is -7.09. The molecule has 0 aliphatic rings. The molecule has 4 aromatic carbocycles. The molecular weight excluding hydrogens is 765 g/mol. The number of nitrogens with one attached hydrogen (secondary N) is 2. The summed E-state index contributed by atoms with van der Waals surface area (Å²) >= 11 is 0. The molecule has 0 fully saturated rings. The van der Waals surface area contributed by atoms with Crippen molar-refractivity contribution in [2.45, 2.75) is 64.8 Å². The third-order valence-corrected chi connectivity index (χ3v) is 10.1. The number of aromatic nitrogens is 2. The summed E-state index contributed by atoms with van der Waals surface area (Å²) in [6.45, 7) is 7.53. The first-order valence-electron chi connectivity index (χ1n) is 19.2. The number of carboxylic acids is 2. The molecule has 6 N–H and O–H groups in total. The normalized spacial score (nSPS) is 12.8. The number of aryl methyl sites for hydroxylation is 3. The van der Waals surface area contributed by atoms with Gasteiger partial charge in [-0.25, -0.2) is 9.59 Å². The summed E-state index contributed by atoms with van der Waals surface area (Å²) in [5, 5.41) is 44.0. The summed E-state index contributed by atoms with van der Waals surface area (Å²) in [5.41, 5.74) is 8.21. The van der Waals surface area contributed by atoms with Gasteiger partial charge < -0.3 is 40.2 Å². The van der Waals surface area contributed by atoms with Gasteiger partial charge >= 0.3 is 11.9 Å². The lowest BCUT2D eigenvalue weighted by Gasteiger charge is -2.22. The molecule has 2 heterocycles. The van der Waals surface area contributed by atoms with Gasteiger partial charge in [0.15, 0.2) is 18.5 Å². The van der Waals surface area contributed by atoms with Gasteiger partial charge in [-0.2, -0.15) is 0 Å². The molecule has 0 saturated carbocycles. The van der Waals surface area contributed by atoms with E-state index in [1.807, 2.05) is 134 Å². The molecule has 2 aromatic heterocycles. The van der Waals surface area contributed by atoms with E-state index in [1.54, 1.807) is 30.3 Å². The van der Waals surface area contributed by atoms with Crippen molar-refractivity contribution in [3.63, 3.8) is 0 Å². The molecule has 4 atom stereocenters. The van der Waals surface area contributed by atoms with E-state index < -0.39 is 48.0 Å². The van der Waals surface area contributed by atoms with Crippen LogP contribution in [0.15, 0.2) is 128 Å². The highest BCUT2D eigenvalue weighted by Gasteiger charge is 2.29. The maximum absolute atomic E-state index is 12.9. The molecule has 2 amide bonds. The average Bonchev–Trinajstić information content (AvgIpc) is 3.87. The molecule has 6 rings (SSSR count). The van der Waals surface area contributed by atoms with Gasteiger partial charge in [-0.3, -0.25) is 14.4 Å². The van der Waals surface area contributed by atoms with E-state index in [9.17, 15) is 44.4 Å². The Morgan fingerprint density at radius 2 is 1.03 bits per heavy atom. The van der Waals surface area contributed by atoms with Gasteiger partial charge in [0, 0.05) is 51.8 Å². The number of hydrogen-bond donors (Lipinski definition) is 6. The van der Waals surface area contributed by atoms with Crippen molar-refractivity contribution in [1.29, 1.82) is 0 Å². The van der Waals surface area contributed by atoms with Crippen molar-refractivity contribution in [1.82, 2.24) is 19.8 Å². The van der Waals surface area contributed by atoms with E-state index in [-0.39, 0.29) is 12.8 Å². The van der Waals surface area contributed by atoms with Crippen molar-refractivity contribution in [2.24, 2.45) is 0 Å². The highest BCUT2D eigenvalue weighted by Crippen LogP contribution is 2.24. The van der Waals surface area contributed by atoms with Crippen molar-refractivity contribution in [3.05, 3.63) is 178 Å². The van der Waals surface area contributed by atoms with Crippen molar-refractivity contribution in [2.75, 3.05) is 0 Å². The lowest BCUT2D eigenvalue weighted by molar-refractivity contribution is -0.148. The molecular formula is C47H48N4O9. The molecule has 0 saturated heterocycles. The SMILES string of the molecule is Cc1cc(C(=O)N[C@H](Cc2ccccc2)[C@@H](O)C(=O)O)ccc1-n1c(C)cc(C=O)c1C.Cc1cc(C(=O)N[C@H](Cc2ccccc2)[C@@H](O)C(=O)O)ccc1-n1cccc1. The minimum absolute atomic E-state index is 0.174. The smallest absolute Gasteiger partial charge is 0.334 e. The van der Waals surface area contributed by atoms with Crippen molar-refractivity contribution < 1.29 is 44.4 Å². The predicted octanol–water partition coefficient (Wildman–Crippen LogP) is 5.57. The lowest BCUT2D eigenvalue weighted by atomic mass is 10.0. The number of carbonyl (C=O) groups excluding carboxylic acids is 3. The molecule has 13 nitrogen and oxygen atoms in total. The molecule has 6 aromatic rings. The van der Waals surface area contributed by atoms with E-state index in [0.29, 0.717) is 16.7 Å². The number of hydrogen-bond acceptors (Lipinski definition) is 7. The Morgan fingerprint density at radius 3 is 1.42 bits per heavy atom. The second-order valence-electron chi connectivity index (χ2n) is 14.5. The Labute approximate surface area is 347 Å². The molecule has 60 heavy (non-hydrogen) atoms. The maximum atomic E-state index is 12.9. The number of aliphatic hydroxyl groups excluding tert-OH is 2. The topological polar surface area (TPSA) is 200 Å². The number of nitrogens with zero attached hydrogens (tertiary/aromatic N) is 2. The predicted molar refractivity (Wildman–Crippen MR) is 226 cm³/mol. The number of carbonyl (C=O) groups is 5. The summed E-state index contributed by atoms with van der Waals surface area (Å²) in [6, 6.07) is 32.3. The van der Waals surface area contributed by atoms with E-state index in [4.69, 9.17) is 0 Å². The van der Waals surface area contributed by atoms with Crippen LogP contribution in [0.1, 0.15) is 64.7 Å². The van der Waals surface area contributed by atoms with Gasteiger partial charge in [0.05, 0.1) is 12.1 Å². The molecule has 0 aliphatic carbocycles. The molecule has 0 bridgehead atoms. The molecule has 0 unspecified atom stereocenters. The Balaban J connectivity index is 0.000000230. The highest BCUT2D eigenvalue weighted by atomic mass is 16.4. The fourth-order valence-corrected chi connectivity index (χ4v) is 6.97. The van der Waals surface area contributed by atoms with E-state index in [2.05, 4.69) is 10.6 Å². The number of rotatable bonds is 15. The van der Waals surface area contributed by atoms with Crippen LogP contribution in [0.5, 0.6) is 0 Å². The zero-order valence-electron chi connectivity index (χ0n) is 33.6. The van der Waals surface area contributed by atoms with Crippen molar-refractivity contribution in [3.8, 4) is 11.4 Å². The lowest BCUT2D eigenvalue weighted by Crippen LogP contribution is -2.48.